The maximum Gasteiger partial charge on any atom is 1.00 e. The second kappa shape index (κ2) is 15.3. The number of allylic oxidation sites excluding steroid dienone is 1. The van der Waals surface area contributed by atoms with Crippen LogP contribution < -0.4 is 69.9 Å². The summed E-state index contributed by atoms with van der Waals surface area (Å²) in [4.78, 5) is 30.2. The summed E-state index contributed by atoms with van der Waals surface area (Å²) < 4.78 is 27.7. The Hall–Kier alpha value is -0.830. The molecule has 1 atom stereocenters. The summed E-state index contributed by atoms with van der Waals surface area (Å²) in [5, 5.41) is 6.61. The molecule has 1 amide bonds. The molecule has 13 heteroatoms. The molecular weight excluding hydrogens is 500 g/mol. The second-order valence-corrected chi connectivity index (χ2v) is 8.25. The van der Waals surface area contributed by atoms with Crippen molar-refractivity contribution >= 4 is 58.0 Å². The Kier molecular flexibility index (Phi) is 14.1. The molecule has 1 aliphatic carbocycles. The first-order valence-corrected chi connectivity index (χ1v) is 11.3. The zero-order valence-corrected chi connectivity index (χ0v) is 24.8. The molecule has 0 aromatic heterocycles. The maximum atomic E-state index is 13.0. The summed E-state index contributed by atoms with van der Waals surface area (Å²) >= 11 is -1.45. The fourth-order valence-corrected chi connectivity index (χ4v) is 3.57. The van der Waals surface area contributed by atoms with Crippen LogP contribution in [0.15, 0.2) is 51.3 Å². The zero-order chi connectivity index (χ0) is 23.1. The summed E-state index contributed by atoms with van der Waals surface area (Å²) in [6.07, 6.45) is 5.05. The number of nitrogens with zero attached hydrogens (tertiary/aromatic N) is 1. The van der Waals surface area contributed by atoms with Crippen LogP contribution in [-0.2, 0) is 25.1 Å². The Morgan fingerprint density at radius 2 is 1.94 bits per heavy atom. The van der Waals surface area contributed by atoms with Crippen LogP contribution in [0.25, 0.3) is 6.08 Å². The Bertz CT molecular complexity index is 1110. The normalized spacial score (nSPS) is 14.0. The first-order valence-electron chi connectivity index (χ1n) is 9.48. The van der Waals surface area contributed by atoms with Gasteiger partial charge in [0.15, 0.2) is 0 Å². The van der Waals surface area contributed by atoms with Gasteiger partial charge in [0.2, 0.25) is 5.91 Å². The van der Waals surface area contributed by atoms with E-state index in [1.165, 1.54) is 25.1 Å². The molecule has 3 rings (SSSR count). The molecule has 1 aliphatic rings. The number of nitrogens with one attached hydrogen (secondary N) is 2. The van der Waals surface area contributed by atoms with Crippen molar-refractivity contribution in [3.8, 4) is 0 Å². The predicted octanol–water partition coefficient (Wildman–Crippen LogP) is -2.26. The predicted molar refractivity (Wildman–Crippen MR) is 121 cm³/mol. The number of hydrazone groups is 1. The van der Waals surface area contributed by atoms with E-state index >= 15 is 0 Å². The third-order valence-corrected chi connectivity index (χ3v) is 5.32. The van der Waals surface area contributed by atoms with Gasteiger partial charge in [-0.1, -0.05) is 18.6 Å². The number of rotatable bonds is 9. The molecule has 0 aliphatic heterocycles. The summed E-state index contributed by atoms with van der Waals surface area (Å²) in [7, 11) is 0. The van der Waals surface area contributed by atoms with E-state index < -0.39 is 22.8 Å². The van der Waals surface area contributed by atoms with Crippen molar-refractivity contribution in [1.82, 2.24) is 0 Å². The number of carbonyl (C=O) groups excluding carboxylic acids is 2. The molecule has 1 unspecified atom stereocenters. The molecule has 0 saturated carbocycles. The van der Waals surface area contributed by atoms with Gasteiger partial charge in [0, 0.05) is 28.1 Å². The third-order valence-electron chi connectivity index (χ3n) is 4.07. The van der Waals surface area contributed by atoms with Crippen LogP contribution in [0.4, 0.5) is 11.4 Å². The average Bonchev–Trinajstić information content (AvgIpc) is 2.76. The summed E-state index contributed by atoms with van der Waals surface area (Å²) in [5.74, 6) is -0.943. The number of benzene rings is 2. The molecule has 2 aromatic rings. The minimum atomic E-state index is -2.53. The molecule has 0 radical (unpaired) electrons. The first kappa shape index (κ1) is 31.2. The average molecular weight is 520 g/mol. The molecule has 0 spiro atoms. The van der Waals surface area contributed by atoms with Gasteiger partial charge >= 0.3 is 59.1 Å². The summed E-state index contributed by atoms with van der Waals surface area (Å²) in [6.45, 7) is 3.75. The maximum absolute atomic E-state index is 13.0. The minimum absolute atomic E-state index is 0. The van der Waals surface area contributed by atoms with Crippen molar-refractivity contribution in [3.05, 3.63) is 53.6 Å². The SMILES string of the molecule is CCCOOSc1ccc(N/N=C2\[C-]=Cc3cc(S(=O)[O-])cc(NC(C)=O)c3C2=O)cc1.[Na+].[Na+]. The van der Waals surface area contributed by atoms with Crippen LogP contribution in [0.2, 0.25) is 0 Å². The molecule has 0 saturated heterocycles. The molecule has 0 heterocycles. The number of carbonyl (C=O) groups is 2. The van der Waals surface area contributed by atoms with E-state index in [1.807, 2.05) is 6.92 Å². The zero-order valence-electron chi connectivity index (χ0n) is 19.2. The van der Waals surface area contributed by atoms with Gasteiger partial charge in [-0.2, -0.15) is 21.6 Å². The number of hydrogen-bond donors (Lipinski definition) is 2. The molecule has 34 heavy (non-hydrogen) atoms. The smallest absolute Gasteiger partial charge is 0.768 e. The van der Waals surface area contributed by atoms with Crippen molar-refractivity contribution in [2.24, 2.45) is 5.10 Å². The Morgan fingerprint density at radius 3 is 2.56 bits per heavy atom. The number of anilines is 2. The van der Waals surface area contributed by atoms with E-state index in [9.17, 15) is 18.4 Å². The van der Waals surface area contributed by atoms with Crippen molar-refractivity contribution in [3.63, 3.8) is 0 Å². The van der Waals surface area contributed by atoms with E-state index in [4.69, 9.17) is 9.22 Å². The topological polar surface area (TPSA) is 129 Å². The number of amides is 1. The van der Waals surface area contributed by atoms with Gasteiger partial charge in [-0.15, -0.1) is 5.56 Å². The first-order chi connectivity index (χ1) is 15.4. The van der Waals surface area contributed by atoms with E-state index in [1.54, 1.807) is 24.3 Å². The van der Waals surface area contributed by atoms with Crippen LogP contribution in [0, 0.1) is 6.08 Å². The summed E-state index contributed by atoms with van der Waals surface area (Å²) in [5.41, 5.74) is 3.95. The second-order valence-electron chi connectivity index (χ2n) is 6.54. The molecule has 2 aromatic carbocycles. The Balaban J connectivity index is 0.00000289. The Morgan fingerprint density at radius 1 is 1.24 bits per heavy atom. The number of hydrogen-bond acceptors (Lipinski definition) is 9. The van der Waals surface area contributed by atoms with Gasteiger partial charge in [-0.05, 0) is 47.8 Å². The largest absolute Gasteiger partial charge is 1.00 e. The molecule has 168 valence electrons. The van der Waals surface area contributed by atoms with E-state index in [2.05, 4.69) is 21.9 Å². The van der Waals surface area contributed by atoms with E-state index in [0.29, 0.717) is 17.9 Å². The fourth-order valence-electron chi connectivity index (χ4n) is 2.69. The van der Waals surface area contributed by atoms with Gasteiger partial charge in [0.05, 0.1) is 24.3 Å². The van der Waals surface area contributed by atoms with Gasteiger partial charge in [-0.3, -0.25) is 14.4 Å². The molecular formula is C21H19N3Na2O6S2. The fraction of sp³-hybridized carbons (Fsp3) is 0.190. The quantitative estimate of drug-likeness (QED) is 0.0723. The monoisotopic (exact) mass is 519 g/mol. The van der Waals surface area contributed by atoms with Gasteiger partial charge < -0.3 is 14.7 Å². The van der Waals surface area contributed by atoms with Crippen LogP contribution in [-0.4, -0.2) is 32.8 Å². The Labute approximate surface area is 248 Å². The summed E-state index contributed by atoms with van der Waals surface area (Å²) in [6, 6.07) is 9.65. The van der Waals surface area contributed by atoms with Gasteiger partial charge in [-0.25, -0.2) is 4.89 Å². The van der Waals surface area contributed by atoms with Crippen LogP contribution >= 0.6 is 12.0 Å². The van der Waals surface area contributed by atoms with E-state index in [0.717, 1.165) is 23.4 Å². The van der Waals surface area contributed by atoms with Crippen molar-refractivity contribution in [1.29, 1.82) is 0 Å². The van der Waals surface area contributed by atoms with E-state index in [-0.39, 0.29) is 81.0 Å². The molecule has 2 N–H and O–H groups in total. The van der Waals surface area contributed by atoms with Crippen LogP contribution in [0.1, 0.15) is 36.2 Å². The van der Waals surface area contributed by atoms with Crippen LogP contribution in [0.3, 0.4) is 0 Å². The van der Waals surface area contributed by atoms with Gasteiger partial charge in [0.1, 0.15) is 5.78 Å². The number of fused-ring (bicyclic) bond motifs is 1. The van der Waals surface area contributed by atoms with Crippen molar-refractivity contribution in [2.75, 3.05) is 17.3 Å². The standard InChI is InChI=1S/C21H20N3O6S2.2Na/c1-3-10-29-30-31-16-7-5-15(6-8-16)23-24-18-9-4-14-11-17(32(27)28)12-19(22-13(2)25)20(14)21(18)26;;/h4-8,11-12,23H,3,10H2,1-2H3,(H,22,25)(H,27,28);;/q-1;2*+1/p-1/b24-18+;;. The van der Waals surface area contributed by atoms with Crippen LogP contribution in [0.5, 0.6) is 0 Å². The number of Topliss-reactive ketones (excluding diaryl/α,β-unsaturated/α-hetero) is 1. The van der Waals surface area contributed by atoms with Gasteiger partial charge in [0.25, 0.3) is 0 Å². The van der Waals surface area contributed by atoms with Crippen molar-refractivity contribution < 1.29 is 86.7 Å². The minimum Gasteiger partial charge on any atom is -0.768 e. The molecule has 9 nitrogen and oxygen atoms in total. The molecule has 0 bridgehead atoms. The third kappa shape index (κ3) is 8.68. The number of ketones is 1. The van der Waals surface area contributed by atoms with Crippen molar-refractivity contribution in [2.45, 2.75) is 30.1 Å². The molecule has 0 fully saturated rings.